The summed E-state index contributed by atoms with van der Waals surface area (Å²) in [6.07, 6.45) is 0.867. The van der Waals surface area contributed by atoms with Crippen molar-refractivity contribution in [2.24, 2.45) is 0 Å². The first kappa shape index (κ1) is 23.5. The maximum atomic E-state index is 12.9. The van der Waals surface area contributed by atoms with Crippen LogP contribution in [0.2, 0.25) is 5.02 Å². The molecule has 3 amide bonds. The molecule has 1 atom stereocenters. The molecule has 7 nitrogen and oxygen atoms in total. The van der Waals surface area contributed by atoms with E-state index >= 15 is 0 Å². The van der Waals surface area contributed by atoms with Gasteiger partial charge in [0.2, 0.25) is 0 Å². The Morgan fingerprint density at radius 2 is 1.85 bits per heavy atom. The van der Waals surface area contributed by atoms with Crippen LogP contribution in [0.1, 0.15) is 22.3 Å². The van der Waals surface area contributed by atoms with Crippen LogP contribution in [-0.2, 0) is 4.74 Å². The van der Waals surface area contributed by atoms with E-state index < -0.39 is 0 Å². The standard InChI is InChI=1S/C25H31ClN4O3/c1-19-6-8-20(9-7-19)24(31)29-11-3-10-28(12-13-29)17-23-18-30(14-15-33-23)25(32)27-22-5-2-4-21(26)16-22/h2,4-9,16,23H,3,10-15,17-18H2,1H3,(H,27,32). The van der Waals surface area contributed by atoms with Crippen molar-refractivity contribution in [3.63, 3.8) is 0 Å². The van der Waals surface area contributed by atoms with Gasteiger partial charge in [0, 0.05) is 55.5 Å². The van der Waals surface area contributed by atoms with E-state index in [2.05, 4.69) is 10.2 Å². The number of urea groups is 1. The zero-order valence-corrected chi connectivity index (χ0v) is 19.8. The van der Waals surface area contributed by atoms with Gasteiger partial charge in [-0.25, -0.2) is 4.79 Å². The van der Waals surface area contributed by atoms with Crippen LogP contribution in [0.15, 0.2) is 48.5 Å². The molecule has 0 bridgehead atoms. The lowest BCUT2D eigenvalue weighted by molar-refractivity contribution is -0.0283. The second-order valence-corrected chi connectivity index (χ2v) is 9.13. The highest BCUT2D eigenvalue weighted by Gasteiger charge is 2.27. The summed E-state index contributed by atoms with van der Waals surface area (Å²) in [7, 11) is 0. The van der Waals surface area contributed by atoms with E-state index in [1.165, 1.54) is 0 Å². The molecule has 8 heteroatoms. The quantitative estimate of drug-likeness (QED) is 0.739. The van der Waals surface area contributed by atoms with Crippen molar-refractivity contribution in [3.8, 4) is 0 Å². The van der Waals surface area contributed by atoms with E-state index in [4.69, 9.17) is 16.3 Å². The van der Waals surface area contributed by atoms with Crippen molar-refractivity contribution >= 4 is 29.2 Å². The number of nitrogens with one attached hydrogen (secondary N) is 1. The third-order valence-electron chi connectivity index (χ3n) is 6.14. The zero-order chi connectivity index (χ0) is 23.2. The Morgan fingerprint density at radius 3 is 2.64 bits per heavy atom. The van der Waals surface area contributed by atoms with Gasteiger partial charge in [0.25, 0.3) is 5.91 Å². The summed E-state index contributed by atoms with van der Waals surface area (Å²) in [6, 6.07) is 14.8. The number of benzene rings is 2. The highest BCUT2D eigenvalue weighted by molar-refractivity contribution is 6.30. The van der Waals surface area contributed by atoms with Crippen LogP contribution < -0.4 is 5.32 Å². The lowest BCUT2D eigenvalue weighted by atomic mass is 10.1. The smallest absolute Gasteiger partial charge is 0.322 e. The molecule has 2 heterocycles. The maximum absolute atomic E-state index is 12.9. The Balaban J connectivity index is 1.27. The molecule has 0 aliphatic carbocycles. The predicted molar refractivity (Wildman–Crippen MR) is 130 cm³/mol. The number of carbonyl (C=O) groups excluding carboxylic acids is 2. The fraction of sp³-hybridized carbons (Fsp3) is 0.440. The van der Waals surface area contributed by atoms with Crippen molar-refractivity contribution < 1.29 is 14.3 Å². The topological polar surface area (TPSA) is 65.1 Å². The summed E-state index contributed by atoms with van der Waals surface area (Å²) in [6.45, 7) is 7.52. The minimum Gasteiger partial charge on any atom is -0.373 e. The molecule has 2 aromatic carbocycles. The summed E-state index contributed by atoms with van der Waals surface area (Å²) in [5.41, 5.74) is 2.57. The highest BCUT2D eigenvalue weighted by atomic mass is 35.5. The Bertz CT molecular complexity index is 968. The number of carbonyl (C=O) groups is 2. The summed E-state index contributed by atoms with van der Waals surface area (Å²) >= 11 is 6.01. The Kier molecular flexibility index (Phi) is 7.85. The normalized spacial score (nSPS) is 19.8. The average Bonchev–Trinajstić information content (AvgIpc) is 3.05. The molecule has 0 radical (unpaired) electrons. The minimum absolute atomic E-state index is 0.0526. The lowest BCUT2D eigenvalue weighted by Crippen LogP contribution is -2.51. The van der Waals surface area contributed by atoms with E-state index in [-0.39, 0.29) is 18.0 Å². The number of hydrogen-bond acceptors (Lipinski definition) is 4. The highest BCUT2D eigenvalue weighted by Crippen LogP contribution is 2.17. The Hall–Kier alpha value is -2.61. The molecule has 176 valence electrons. The first-order valence-electron chi connectivity index (χ1n) is 11.5. The van der Waals surface area contributed by atoms with Gasteiger partial charge in [0.15, 0.2) is 0 Å². The number of aryl methyl sites for hydroxylation is 1. The number of rotatable bonds is 4. The van der Waals surface area contributed by atoms with E-state index in [0.717, 1.165) is 43.7 Å². The molecule has 0 aromatic heterocycles. The number of halogens is 1. The summed E-state index contributed by atoms with van der Waals surface area (Å²) in [5, 5.41) is 3.50. The summed E-state index contributed by atoms with van der Waals surface area (Å²) < 4.78 is 5.96. The van der Waals surface area contributed by atoms with Gasteiger partial charge in [-0.05, 0) is 50.2 Å². The van der Waals surface area contributed by atoms with E-state index in [0.29, 0.717) is 37.0 Å². The maximum Gasteiger partial charge on any atom is 0.322 e. The third-order valence-corrected chi connectivity index (χ3v) is 6.37. The van der Waals surface area contributed by atoms with Crippen molar-refractivity contribution in [2.45, 2.75) is 19.4 Å². The largest absolute Gasteiger partial charge is 0.373 e. The van der Waals surface area contributed by atoms with Gasteiger partial charge in [0.05, 0.1) is 12.7 Å². The average molecular weight is 471 g/mol. The van der Waals surface area contributed by atoms with Crippen LogP contribution >= 0.6 is 11.6 Å². The van der Waals surface area contributed by atoms with Gasteiger partial charge < -0.3 is 19.9 Å². The molecule has 2 fully saturated rings. The number of amides is 3. The van der Waals surface area contributed by atoms with Crippen LogP contribution in [-0.4, -0.2) is 85.2 Å². The van der Waals surface area contributed by atoms with Crippen LogP contribution in [0.4, 0.5) is 10.5 Å². The summed E-state index contributed by atoms with van der Waals surface area (Å²) in [5.74, 6) is 0.0922. The molecule has 1 N–H and O–H groups in total. The zero-order valence-electron chi connectivity index (χ0n) is 19.0. The fourth-order valence-electron chi connectivity index (χ4n) is 4.31. The molecule has 4 rings (SSSR count). The van der Waals surface area contributed by atoms with Gasteiger partial charge in [0.1, 0.15) is 0 Å². The molecule has 1 unspecified atom stereocenters. The number of ether oxygens (including phenoxy) is 1. The van der Waals surface area contributed by atoms with Crippen LogP contribution in [0.3, 0.4) is 0 Å². The number of hydrogen-bond donors (Lipinski definition) is 1. The van der Waals surface area contributed by atoms with E-state index in [9.17, 15) is 9.59 Å². The second-order valence-electron chi connectivity index (χ2n) is 8.69. The monoisotopic (exact) mass is 470 g/mol. The Labute approximate surface area is 200 Å². The number of morpholine rings is 1. The first-order chi connectivity index (χ1) is 16.0. The molecule has 0 saturated carbocycles. The number of nitrogens with zero attached hydrogens (tertiary/aromatic N) is 3. The van der Waals surface area contributed by atoms with Gasteiger partial charge in [-0.1, -0.05) is 35.4 Å². The molecule has 2 aliphatic heterocycles. The van der Waals surface area contributed by atoms with Crippen molar-refractivity contribution in [2.75, 3.05) is 57.7 Å². The molecular formula is C25H31ClN4O3. The third kappa shape index (κ3) is 6.47. The molecular weight excluding hydrogens is 440 g/mol. The first-order valence-corrected chi connectivity index (χ1v) is 11.9. The van der Waals surface area contributed by atoms with Crippen molar-refractivity contribution in [1.82, 2.24) is 14.7 Å². The summed E-state index contributed by atoms with van der Waals surface area (Å²) in [4.78, 5) is 31.6. The fourth-order valence-corrected chi connectivity index (χ4v) is 4.50. The second kappa shape index (κ2) is 11.0. The van der Waals surface area contributed by atoms with Crippen LogP contribution in [0, 0.1) is 6.92 Å². The van der Waals surface area contributed by atoms with Crippen molar-refractivity contribution in [1.29, 1.82) is 0 Å². The van der Waals surface area contributed by atoms with Gasteiger partial charge in [-0.2, -0.15) is 0 Å². The van der Waals surface area contributed by atoms with Crippen LogP contribution in [0.5, 0.6) is 0 Å². The molecule has 33 heavy (non-hydrogen) atoms. The molecule has 0 spiro atoms. The SMILES string of the molecule is Cc1ccc(C(=O)N2CCCN(CC3CN(C(=O)Nc4cccc(Cl)c4)CCO3)CC2)cc1. The van der Waals surface area contributed by atoms with Gasteiger partial charge >= 0.3 is 6.03 Å². The lowest BCUT2D eigenvalue weighted by Gasteiger charge is -2.35. The predicted octanol–water partition coefficient (Wildman–Crippen LogP) is 3.73. The van der Waals surface area contributed by atoms with Gasteiger partial charge in [-0.3, -0.25) is 9.69 Å². The molecule has 2 aromatic rings. The Morgan fingerprint density at radius 1 is 1.03 bits per heavy atom. The van der Waals surface area contributed by atoms with Crippen molar-refractivity contribution in [3.05, 3.63) is 64.7 Å². The van der Waals surface area contributed by atoms with E-state index in [1.807, 2.05) is 48.2 Å². The van der Waals surface area contributed by atoms with Crippen LogP contribution in [0.25, 0.3) is 0 Å². The molecule has 2 saturated heterocycles. The number of anilines is 1. The van der Waals surface area contributed by atoms with Gasteiger partial charge in [-0.15, -0.1) is 0 Å². The molecule has 2 aliphatic rings. The minimum atomic E-state index is -0.142. The van der Waals surface area contributed by atoms with E-state index in [1.54, 1.807) is 17.0 Å².